The molecule has 0 radical (unpaired) electrons. The maximum absolute atomic E-state index is 13.1. The van der Waals surface area contributed by atoms with Gasteiger partial charge in [0.15, 0.2) is 0 Å². The zero-order valence-corrected chi connectivity index (χ0v) is 38.2. The number of carbonyl (C=O) groups is 2. The van der Waals surface area contributed by atoms with Crippen LogP contribution in [0.15, 0.2) is 60.8 Å². The molecule has 6 heteroatoms. The van der Waals surface area contributed by atoms with Crippen molar-refractivity contribution in [3.05, 3.63) is 60.8 Å². The molecule has 0 saturated heterocycles. The monoisotopic (exact) mass is 812 g/mol. The summed E-state index contributed by atoms with van der Waals surface area (Å²) in [5.41, 5.74) is 0. The quantitative estimate of drug-likeness (QED) is 0.0324. The van der Waals surface area contributed by atoms with Gasteiger partial charge in [0.05, 0.1) is 25.2 Å². The lowest BCUT2D eigenvalue weighted by molar-refractivity contribution is -0.150. The molecule has 0 aliphatic heterocycles. The van der Waals surface area contributed by atoms with Crippen LogP contribution in [0.4, 0.5) is 0 Å². The normalized spacial score (nSPS) is 13.8. The van der Waals surface area contributed by atoms with Crippen LogP contribution < -0.4 is 5.32 Å². The van der Waals surface area contributed by atoms with E-state index in [9.17, 15) is 19.8 Å². The summed E-state index contributed by atoms with van der Waals surface area (Å²) in [5.74, 6) is -0.578. The second-order valence-corrected chi connectivity index (χ2v) is 16.5. The van der Waals surface area contributed by atoms with Crippen LogP contribution in [0.5, 0.6) is 0 Å². The molecule has 0 fully saturated rings. The molecule has 336 valence electrons. The van der Waals surface area contributed by atoms with Crippen LogP contribution in [-0.4, -0.2) is 46.9 Å². The average molecular weight is 812 g/mol. The molecule has 0 aliphatic rings. The first-order valence-electron chi connectivity index (χ1n) is 24.5. The van der Waals surface area contributed by atoms with E-state index in [1.807, 2.05) is 12.2 Å². The summed E-state index contributed by atoms with van der Waals surface area (Å²) >= 11 is 0. The van der Waals surface area contributed by atoms with Crippen LogP contribution in [-0.2, 0) is 14.3 Å². The van der Waals surface area contributed by atoms with Crippen LogP contribution in [0, 0.1) is 0 Å². The van der Waals surface area contributed by atoms with Crippen molar-refractivity contribution in [1.82, 2.24) is 5.32 Å². The lowest BCUT2D eigenvalue weighted by Crippen LogP contribution is -2.46. The Hall–Kier alpha value is -2.44. The van der Waals surface area contributed by atoms with E-state index in [2.05, 4.69) is 74.7 Å². The first-order valence-corrected chi connectivity index (χ1v) is 24.5. The van der Waals surface area contributed by atoms with E-state index >= 15 is 0 Å². The van der Waals surface area contributed by atoms with Crippen LogP contribution in [0.3, 0.4) is 0 Å². The predicted molar refractivity (Wildman–Crippen MR) is 250 cm³/mol. The van der Waals surface area contributed by atoms with Crippen molar-refractivity contribution in [1.29, 1.82) is 0 Å². The summed E-state index contributed by atoms with van der Waals surface area (Å²) in [5, 5.41) is 23.6. The molecule has 0 aliphatic carbocycles. The molecule has 0 heterocycles. The Kier molecular flexibility index (Phi) is 43.7. The molecule has 0 spiro atoms. The van der Waals surface area contributed by atoms with Gasteiger partial charge in [0.25, 0.3) is 0 Å². The number of amides is 1. The number of ether oxygens (including phenoxy) is 1. The lowest BCUT2D eigenvalue weighted by atomic mass is 10.0. The molecule has 0 bridgehead atoms. The van der Waals surface area contributed by atoms with Crippen molar-refractivity contribution in [3.8, 4) is 0 Å². The lowest BCUT2D eigenvalue weighted by Gasteiger charge is -2.24. The Morgan fingerprint density at radius 2 is 0.897 bits per heavy atom. The number of carbonyl (C=O) groups excluding carboxylic acids is 2. The third-order valence-corrected chi connectivity index (χ3v) is 10.9. The minimum Gasteiger partial charge on any atom is -0.461 e. The Labute approximate surface area is 358 Å². The largest absolute Gasteiger partial charge is 0.461 e. The van der Waals surface area contributed by atoms with E-state index in [0.29, 0.717) is 19.3 Å². The molecule has 0 aromatic rings. The van der Waals surface area contributed by atoms with E-state index < -0.39 is 18.2 Å². The number of rotatable bonds is 43. The molecule has 6 nitrogen and oxygen atoms in total. The molecule has 3 N–H and O–H groups in total. The third kappa shape index (κ3) is 40.3. The Bertz CT molecular complexity index is 1050. The fourth-order valence-corrected chi connectivity index (χ4v) is 7.16. The number of aliphatic hydroxyl groups is 2. The third-order valence-electron chi connectivity index (χ3n) is 10.9. The second kappa shape index (κ2) is 45.6. The Morgan fingerprint density at radius 3 is 1.31 bits per heavy atom. The highest BCUT2D eigenvalue weighted by Crippen LogP contribution is 2.16. The predicted octanol–water partition coefficient (Wildman–Crippen LogP) is 14.5. The summed E-state index contributed by atoms with van der Waals surface area (Å²) in [6, 6.07) is -0.730. The number of hydrogen-bond donors (Lipinski definition) is 3. The van der Waals surface area contributed by atoms with Crippen molar-refractivity contribution in [2.24, 2.45) is 0 Å². The Balaban J connectivity index is 4.71. The van der Waals surface area contributed by atoms with E-state index in [1.165, 1.54) is 116 Å². The van der Waals surface area contributed by atoms with E-state index in [-0.39, 0.29) is 24.9 Å². The minimum absolute atomic E-state index is 0.000159. The van der Waals surface area contributed by atoms with Gasteiger partial charge in [-0.1, -0.05) is 229 Å². The fraction of sp³-hybridized carbons (Fsp3) is 0.769. The highest BCUT2D eigenvalue weighted by atomic mass is 16.5. The average Bonchev–Trinajstić information content (AvgIpc) is 3.22. The number of esters is 1. The second-order valence-electron chi connectivity index (χ2n) is 16.5. The summed E-state index contributed by atoms with van der Waals surface area (Å²) in [4.78, 5) is 26.0. The van der Waals surface area contributed by atoms with Gasteiger partial charge in [-0.25, -0.2) is 0 Å². The number of hydrogen-bond acceptors (Lipinski definition) is 5. The summed E-state index contributed by atoms with van der Waals surface area (Å²) in [7, 11) is 0. The highest BCUT2D eigenvalue weighted by Gasteiger charge is 2.23. The topological polar surface area (TPSA) is 95.9 Å². The number of allylic oxidation sites excluding steroid dienone is 9. The van der Waals surface area contributed by atoms with Gasteiger partial charge >= 0.3 is 5.97 Å². The van der Waals surface area contributed by atoms with Gasteiger partial charge in [-0.15, -0.1) is 0 Å². The van der Waals surface area contributed by atoms with E-state index in [1.54, 1.807) is 0 Å². The zero-order valence-electron chi connectivity index (χ0n) is 38.2. The molecule has 0 aromatic carbocycles. The first-order chi connectivity index (χ1) is 28.5. The fourth-order valence-electron chi connectivity index (χ4n) is 7.16. The van der Waals surface area contributed by atoms with Gasteiger partial charge in [-0.3, -0.25) is 9.59 Å². The van der Waals surface area contributed by atoms with E-state index in [4.69, 9.17) is 4.74 Å². The van der Waals surface area contributed by atoms with Gasteiger partial charge in [-0.05, 0) is 44.9 Å². The van der Waals surface area contributed by atoms with Gasteiger partial charge in [-0.2, -0.15) is 0 Å². The standard InChI is InChI=1S/C52H93NO5/c1-4-7-10-13-16-19-21-23-25-27-29-32-34-37-40-43-48(46-51(56)53-49(47-54)50(55)44-41-38-35-31-18-15-12-9-6-3)58-52(57)45-42-39-36-33-30-28-26-24-22-20-17-14-11-8-5-2/h7,10,16,19,23,25,29,32,37,40,48-50,54-55H,4-6,8-9,11-15,17-18,20-22,24,26-28,30-31,33-36,38-39,41-47H2,1-3H3,(H,53,56)/b10-7-,19-16-,25-23-,32-29-,40-37-. The summed E-state index contributed by atoms with van der Waals surface area (Å²) in [6.07, 6.45) is 55.9. The highest BCUT2D eigenvalue weighted by molar-refractivity contribution is 5.77. The zero-order chi connectivity index (χ0) is 42.4. The summed E-state index contributed by atoms with van der Waals surface area (Å²) in [6.45, 7) is 6.32. The van der Waals surface area contributed by atoms with Gasteiger partial charge in [0.1, 0.15) is 6.10 Å². The van der Waals surface area contributed by atoms with Gasteiger partial charge < -0.3 is 20.3 Å². The number of aliphatic hydroxyl groups excluding tert-OH is 2. The SMILES string of the molecule is CC/C=C\C/C=C\C/C=C\C/C=C\C/C=C\CC(CC(=O)NC(CO)C(O)CCCCCCCCCCC)OC(=O)CCCCCCCCCCCCCCCCC. The molecule has 1 amide bonds. The van der Waals surface area contributed by atoms with Crippen LogP contribution in [0.1, 0.15) is 233 Å². The van der Waals surface area contributed by atoms with E-state index in [0.717, 1.165) is 70.6 Å². The van der Waals surface area contributed by atoms with Gasteiger partial charge in [0.2, 0.25) is 5.91 Å². The summed E-state index contributed by atoms with van der Waals surface area (Å²) < 4.78 is 5.86. The van der Waals surface area contributed by atoms with Crippen molar-refractivity contribution in [2.75, 3.05) is 6.61 Å². The minimum atomic E-state index is -0.810. The van der Waals surface area contributed by atoms with Crippen molar-refractivity contribution in [3.63, 3.8) is 0 Å². The van der Waals surface area contributed by atoms with Crippen LogP contribution >= 0.6 is 0 Å². The van der Waals surface area contributed by atoms with Crippen molar-refractivity contribution < 1.29 is 24.5 Å². The molecule has 58 heavy (non-hydrogen) atoms. The van der Waals surface area contributed by atoms with Crippen molar-refractivity contribution in [2.45, 2.75) is 251 Å². The maximum Gasteiger partial charge on any atom is 0.306 e. The molecular weight excluding hydrogens is 719 g/mol. The molecule has 0 aromatic heterocycles. The molecule has 0 saturated carbocycles. The molecular formula is C52H93NO5. The van der Waals surface area contributed by atoms with Crippen molar-refractivity contribution >= 4 is 11.9 Å². The number of unbranched alkanes of at least 4 members (excludes halogenated alkanes) is 22. The van der Waals surface area contributed by atoms with Gasteiger partial charge in [0, 0.05) is 12.8 Å². The maximum atomic E-state index is 13.1. The molecule has 3 atom stereocenters. The van der Waals surface area contributed by atoms with Crippen LogP contribution in [0.2, 0.25) is 0 Å². The number of nitrogens with one attached hydrogen (secondary N) is 1. The first kappa shape index (κ1) is 55.6. The smallest absolute Gasteiger partial charge is 0.306 e. The Morgan fingerprint density at radius 1 is 0.517 bits per heavy atom. The molecule has 0 rings (SSSR count). The molecule has 3 unspecified atom stereocenters. The van der Waals surface area contributed by atoms with Crippen LogP contribution in [0.25, 0.3) is 0 Å².